The number of aliphatic hydroxyl groups excluding tert-OH is 2. The van der Waals surface area contributed by atoms with Crippen LogP contribution in [0.2, 0.25) is 5.28 Å². The third kappa shape index (κ3) is 4.85. The summed E-state index contributed by atoms with van der Waals surface area (Å²) in [6.45, 7) is 1.83. The minimum absolute atomic E-state index is 0.0378. The maximum atomic E-state index is 13.0. The second kappa shape index (κ2) is 10.3. The van der Waals surface area contributed by atoms with E-state index in [1.165, 1.54) is 11.8 Å². The van der Waals surface area contributed by atoms with Crippen molar-refractivity contribution in [3.05, 3.63) is 45.0 Å². The molecule has 13 heteroatoms. The van der Waals surface area contributed by atoms with Gasteiger partial charge in [0, 0.05) is 34.7 Å². The Labute approximate surface area is 223 Å². The normalized spacial score (nSPS) is 25.1. The van der Waals surface area contributed by atoms with Crippen molar-refractivity contribution >= 4 is 80.6 Å². The Balaban J connectivity index is 1.40. The zero-order valence-corrected chi connectivity index (χ0v) is 22.4. The number of benzene rings is 1. The van der Waals surface area contributed by atoms with Gasteiger partial charge in [-0.3, -0.25) is 9.36 Å². The number of hydrogen-bond acceptors (Lipinski definition) is 9. The molecule has 1 amide bonds. The summed E-state index contributed by atoms with van der Waals surface area (Å²) in [5, 5.41) is 23.5. The van der Waals surface area contributed by atoms with E-state index in [1.807, 2.05) is 30.0 Å². The van der Waals surface area contributed by atoms with Crippen molar-refractivity contribution in [2.24, 2.45) is 0 Å². The Morgan fingerprint density at radius 1 is 1.24 bits per heavy atom. The van der Waals surface area contributed by atoms with Crippen molar-refractivity contribution < 1.29 is 15.0 Å². The third-order valence-corrected chi connectivity index (χ3v) is 9.16. The van der Waals surface area contributed by atoms with Gasteiger partial charge in [-0.25, -0.2) is 4.98 Å². The van der Waals surface area contributed by atoms with Crippen LogP contribution in [-0.2, 0) is 11.3 Å². The van der Waals surface area contributed by atoms with Gasteiger partial charge in [0.25, 0.3) is 0 Å². The highest BCUT2D eigenvalue weighted by atomic mass is 127. The second-order valence-corrected chi connectivity index (χ2v) is 12.1. The van der Waals surface area contributed by atoms with E-state index in [0.29, 0.717) is 36.6 Å². The number of anilines is 1. The first-order valence-corrected chi connectivity index (χ1v) is 14.2. The van der Waals surface area contributed by atoms with Crippen molar-refractivity contribution in [1.29, 1.82) is 0 Å². The molecule has 3 aromatic rings. The molecule has 4 atom stereocenters. The molecule has 5 rings (SSSR count). The fourth-order valence-corrected chi connectivity index (χ4v) is 7.26. The number of rotatable bonds is 5. The number of imidazole rings is 1. The standard InChI is InChI=1S/C21H22ClIN6O3S2/c22-21-26-17(24-9-11-2-1-3-12(23)8-11)13-18(27-21)29(10-25-13)20-15(31)14(30)16(34-20)19(32)28-4-6-33-7-5-28/h1-3,8,10,14-16,20,30-31H,4-7,9H2,(H,24,26,27)/t14-,15+,16-,20+/m0/s1. The molecule has 2 saturated heterocycles. The first-order valence-electron chi connectivity index (χ1n) is 10.7. The van der Waals surface area contributed by atoms with E-state index in [-0.39, 0.29) is 11.2 Å². The van der Waals surface area contributed by atoms with Crippen molar-refractivity contribution in [3.8, 4) is 0 Å². The minimum atomic E-state index is -1.19. The Morgan fingerprint density at radius 3 is 2.79 bits per heavy atom. The number of hydrogen-bond donors (Lipinski definition) is 3. The Kier molecular flexibility index (Phi) is 7.42. The molecule has 1 aromatic carbocycles. The monoisotopic (exact) mass is 632 g/mol. The van der Waals surface area contributed by atoms with Crippen LogP contribution in [0.15, 0.2) is 30.6 Å². The molecule has 2 aliphatic heterocycles. The van der Waals surface area contributed by atoms with E-state index in [1.54, 1.807) is 15.8 Å². The molecule has 2 aliphatic rings. The number of aliphatic hydroxyl groups is 2. The van der Waals surface area contributed by atoms with Crippen molar-refractivity contribution in [3.63, 3.8) is 0 Å². The molecular weight excluding hydrogens is 611 g/mol. The Bertz CT molecular complexity index is 1210. The van der Waals surface area contributed by atoms with Gasteiger partial charge >= 0.3 is 0 Å². The number of amides is 1. The van der Waals surface area contributed by atoms with E-state index in [0.717, 1.165) is 20.6 Å². The first kappa shape index (κ1) is 24.4. The molecular formula is C21H22ClIN6O3S2. The van der Waals surface area contributed by atoms with Gasteiger partial charge in [0.15, 0.2) is 17.0 Å². The lowest BCUT2D eigenvalue weighted by Gasteiger charge is -2.29. The van der Waals surface area contributed by atoms with Gasteiger partial charge in [-0.2, -0.15) is 21.7 Å². The largest absolute Gasteiger partial charge is 0.389 e. The Morgan fingerprint density at radius 2 is 2.03 bits per heavy atom. The maximum Gasteiger partial charge on any atom is 0.238 e. The van der Waals surface area contributed by atoms with Crippen LogP contribution in [0.4, 0.5) is 5.82 Å². The van der Waals surface area contributed by atoms with Crippen molar-refractivity contribution in [2.75, 3.05) is 29.9 Å². The number of thioether (sulfide) groups is 2. The van der Waals surface area contributed by atoms with E-state index >= 15 is 0 Å². The zero-order chi connectivity index (χ0) is 23.8. The van der Waals surface area contributed by atoms with Gasteiger partial charge in [0.1, 0.15) is 22.8 Å². The number of nitrogens with one attached hydrogen (secondary N) is 1. The quantitative estimate of drug-likeness (QED) is 0.288. The van der Waals surface area contributed by atoms with Gasteiger partial charge in [-0.15, -0.1) is 11.8 Å². The summed E-state index contributed by atoms with van der Waals surface area (Å²) >= 11 is 11.5. The molecule has 0 radical (unpaired) electrons. The van der Waals surface area contributed by atoms with Crippen LogP contribution in [0.5, 0.6) is 0 Å². The highest BCUT2D eigenvalue weighted by Gasteiger charge is 2.48. The lowest BCUT2D eigenvalue weighted by atomic mass is 10.1. The molecule has 4 heterocycles. The molecule has 2 fully saturated rings. The molecule has 0 saturated carbocycles. The number of fused-ring (bicyclic) bond motifs is 1. The molecule has 9 nitrogen and oxygen atoms in total. The van der Waals surface area contributed by atoms with Crippen LogP contribution in [0.3, 0.4) is 0 Å². The van der Waals surface area contributed by atoms with Gasteiger partial charge < -0.3 is 20.4 Å². The molecule has 0 spiro atoms. The van der Waals surface area contributed by atoms with E-state index < -0.39 is 22.8 Å². The predicted octanol–water partition coefficient (Wildman–Crippen LogP) is 2.61. The van der Waals surface area contributed by atoms with E-state index in [9.17, 15) is 15.0 Å². The summed E-state index contributed by atoms with van der Waals surface area (Å²) < 4.78 is 2.79. The fraction of sp³-hybridized carbons (Fsp3) is 0.429. The first-order chi connectivity index (χ1) is 16.4. The van der Waals surface area contributed by atoms with Gasteiger partial charge in [0.05, 0.1) is 6.33 Å². The molecule has 180 valence electrons. The van der Waals surface area contributed by atoms with E-state index in [2.05, 4.69) is 48.9 Å². The fourth-order valence-electron chi connectivity index (χ4n) is 4.09. The van der Waals surface area contributed by atoms with Crippen LogP contribution in [0.1, 0.15) is 10.9 Å². The Hall–Kier alpha value is -1.32. The number of nitrogens with zero attached hydrogens (tertiary/aromatic N) is 5. The van der Waals surface area contributed by atoms with Crippen LogP contribution in [-0.4, -0.2) is 82.6 Å². The van der Waals surface area contributed by atoms with E-state index in [4.69, 9.17) is 11.6 Å². The average Bonchev–Trinajstić information content (AvgIpc) is 3.38. The summed E-state index contributed by atoms with van der Waals surface area (Å²) in [7, 11) is 0. The lowest BCUT2D eigenvalue weighted by Crippen LogP contribution is -2.46. The van der Waals surface area contributed by atoms with Gasteiger partial charge in [-0.05, 0) is 51.9 Å². The highest BCUT2D eigenvalue weighted by Crippen LogP contribution is 2.44. The SMILES string of the molecule is O=C([C@H]1S[C@@H](n2cnc3c(NCc4cccc(I)c4)nc(Cl)nc32)[C@H](O)[C@@H]1O)N1CCSCC1. The van der Waals surface area contributed by atoms with Crippen LogP contribution < -0.4 is 5.32 Å². The van der Waals surface area contributed by atoms with Crippen LogP contribution >= 0.6 is 57.7 Å². The average molecular weight is 633 g/mol. The lowest BCUT2D eigenvalue weighted by molar-refractivity contribution is -0.133. The number of aromatic nitrogens is 4. The minimum Gasteiger partial charge on any atom is -0.389 e. The summed E-state index contributed by atoms with van der Waals surface area (Å²) in [4.78, 5) is 27.9. The number of carbonyl (C=O) groups excluding carboxylic acids is 1. The van der Waals surface area contributed by atoms with Crippen LogP contribution in [0, 0.1) is 3.57 Å². The smallest absolute Gasteiger partial charge is 0.238 e. The second-order valence-electron chi connectivity index (χ2n) is 8.01. The highest BCUT2D eigenvalue weighted by molar-refractivity contribution is 14.1. The third-order valence-electron chi connectivity index (χ3n) is 5.82. The van der Waals surface area contributed by atoms with Crippen molar-refractivity contribution in [1.82, 2.24) is 24.4 Å². The summed E-state index contributed by atoms with van der Waals surface area (Å²) in [6, 6.07) is 8.09. The molecule has 34 heavy (non-hydrogen) atoms. The summed E-state index contributed by atoms with van der Waals surface area (Å²) in [5.41, 5.74) is 2.01. The summed E-state index contributed by atoms with van der Waals surface area (Å²) in [6.07, 6.45) is -0.804. The topological polar surface area (TPSA) is 116 Å². The molecule has 3 N–H and O–H groups in total. The number of carbonyl (C=O) groups is 1. The molecule has 0 aliphatic carbocycles. The zero-order valence-electron chi connectivity index (χ0n) is 17.8. The predicted molar refractivity (Wildman–Crippen MR) is 143 cm³/mol. The number of halogens is 2. The molecule has 0 unspecified atom stereocenters. The van der Waals surface area contributed by atoms with Gasteiger partial charge in [0.2, 0.25) is 11.2 Å². The van der Waals surface area contributed by atoms with Gasteiger partial charge in [-0.1, -0.05) is 12.1 Å². The van der Waals surface area contributed by atoms with Crippen molar-refractivity contribution in [2.45, 2.75) is 29.4 Å². The maximum absolute atomic E-state index is 13.0. The van der Waals surface area contributed by atoms with Crippen LogP contribution in [0.25, 0.3) is 11.2 Å². The molecule has 2 aromatic heterocycles. The summed E-state index contributed by atoms with van der Waals surface area (Å²) in [5.74, 6) is 2.09. The molecule has 0 bridgehead atoms.